The minimum absolute atomic E-state index is 0.116. The summed E-state index contributed by atoms with van der Waals surface area (Å²) >= 11 is 0. The second kappa shape index (κ2) is 3.74. The number of hydrogen-bond acceptors (Lipinski definition) is 4. The molecule has 1 aromatic rings. The molecule has 0 aromatic carbocycles. The summed E-state index contributed by atoms with van der Waals surface area (Å²) in [7, 11) is 0. The van der Waals surface area contributed by atoms with Crippen molar-refractivity contribution < 1.29 is 0 Å². The van der Waals surface area contributed by atoms with Gasteiger partial charge in [0.25, 0.3) is 0 Å². The van der Waals surface area contributed by atoms with E-state index in [0.29, 0.717) is 6.54 Å². The monoisotopic (exact) mass is 183 g/mol. The first-order valence-corrected chi connectivity index (χ1v) is 4.46. The summed E-state index contributed by atoms with van der Waals surface area (Å²) in [6, 6.07) is 0. The van der Waals surface area contributed by atoms with Gasteiger partial charge in [-0.25, -0.2) is 4.68 Å². The standard InChI is InChI=1S/C8H17N5/c1-4-13-7(5-10-12-13)11-8(2,3)6-9/h5,11H,4,6,9H2,1-3H3. The topological polar surface area (TPSA) is 68.8 Å². The molecule has 0 aliphatic rings. The lowest BCUT2D eigenvalue weighted by Gasteiger charge is -2.25. The van der Waals surface area contributed by atoms with Crippen molar-refractivity contribution in [3.8, 4) is 0 Å². The van der Waals surface area contributed by atoms with Crippen LogP contribution in [0.25, 0.3) is 0 Å². The third-order valence-electron chi connectivity index (χ3n) is 1.89. The van der Waals surface area contributed by atoms with E-state index >= 15 is 0 Å². The molecule has 1 aromatic heterocycles. The van der Waals surface area contributed by atoms with Gasteiger partial charge in [0.1, 0.15) is 5.82 Å². The maximum absolute atomic E-state index is 5.60. The van der Waals surface area contributed by atoms with Gasteiger partial charge in [0, 0.05) is 18.6 Å². The van der Waals surface area contributed by atoms with Crippen molar-refractivity contribution in [1.29, 1.82) is 0 Å². The fourth-order valence-corrected chi connectivity index (χ4v) is 0.986. The van der Waals surface area contributed by atoms with Crippen LogP contribution >= 0.6 is 0 Å². The van der Waals surface area contributed by atoms with Gasteiger partial charge in [-0.3, -0.25) is 0 Å². The molecule has 13 heavy (non-hydrogen) atoms. The van der Waals surface area contributed by atoms with Crippen molar-refractivity contribution in [3.63, 3.8) is 0 Å². The van der Waals surface area contributed by atoms with Crippen LogP contribution in [0.2, 0.25) is 0 Å². The van der Waals surface area contributed by atoms with Crippen LogP contribution in [0, 0.1) is 0 Å². The summed E-state index contributed by atoms with van der Waals surface area (Å²) in [4.78, 5) is 0. The van der Waals surface area contributed by atoms with Crippen molar-refractivity contribution in [2.24, 2.45) is 5.73 Å². The first kappa shape index (κ1) is 9.98. The van der Waals surface area contributed by atoms with Gasteiger partial charge in [0.15, 0.2) is 0 Å². The average molecular weight is 183 g/mol. The number of rotatable bonds is 4. The maximum atomic E-state index is 5.60. The summed E-state index contributed by atoms with van der Waals surface area (Å²) in [5.41, 5.74) is 5.49. The molecule has 3 N–H and O–H groups in total. The van der Waals surface area contributed by atoms with Crippen LogP contribution in [0.15, 0.2) is 6.20 Å². The predicted molar refractivity (Wildman–Crippen MR) is 52.5 cm³/mol. The van der Waals surface area contributed by atoms with Crippen LogP contribution in [0.4, 0.5) is 5.82 Å². The third-order valence-corrected chi connectivity index (χ3v) is 1.89. The van der Waals surface area contributed by atoms with Gasteiger partial charge in [-0.2, -0.15) is 0 Å². The van der Waals surface area contributed by atoms with Gasteiger partial charge in [0.05, 0.1) is 6.20 Å². The van der Waals surface area contributed by atoms with E-state index < -0.39 is 0 Å². The number of nitrogens with zero attached hydrogens (tertiary/aromatic N) is 3. The first-order chi connectivity index (χ1) is 6.09. The van der Waals surface area contributed by atoms with Gasteiger partial charge >= 0.3 is 0 Å². The highest BCUT2D eigenvalue weighted by atomic mass is 15.5. The molecule has 0 amide bonds. The Hall–Kier alpha value is -1.10. The van der Waals surface area contributed by atoms with Crippen molar-refractivity contribution >= 4 is 5.82 Å². The van der Waals surface area contributed by atoms with Crippen LogP contribution in [0.3, 0.4) is 0 Å². The fraction of sp³-hybridized carbons (Fsp3) is 0.750. The number of hydrogen-bond donors (Lipinski definition) is 2. The molecule has 1 heterocycles. The summed E-state index contributed by atoms with van der Waals surface area (Å²) in [5, 5.41) is 11.0. The van der Waals surface area contributed by atoms with Gasteiger partial charge < -0.3 is 11.1 Å². The highest BCUT2D eigenvalue weighted by Gasteiger charge is 2.16. The normalized spacial score (nSPS) is 11.7. The van der Waals surface area contributed by atoms with E-state index in [1.165, 1.54) is 0 Å². The van der Waals surface area contributed by atoms with Crippen molar-refractivity contribution in [3.05, 3.63) is 6.20 Å². The van der Waals surface area contributed by atoms with Gasteiger partial charge in [-0.15, -0.1) is 5.10 Å². The van der Waals surface area contributed by atoms with E-state index in [-0.39, 0.29) is 5.54 Å². The first-order valence-electron chi connectivity index (χ1n) is 4.46. The van der Waals surface area contributed by atoms with E-state index in [4.69, 9.17) is 5.73 Å². The Morgan fingerprint density at radius 3 is 2.85 bits per heavy atom. The highest BCUT2D eigenvalue weighted by Crippen LogP contribution is 2.11. The molecule has 0 radical (unpaired) electrons. The largest absolute Gasteiger partial charge is 0.363 e. The Morgan fingerprint density at radius 1 is 1.62 bits per heavy atom. The molecule has 1 rings (SSSR count). The SMILES string of the molecule is CCn1nncc1NC(C)(C)CN. The molecule has 5 heteroatoms. The molecule has 0 aliphatic heterocycles. The van der Waals surface area contributed by atoms with Crippen LogP contribution in [0.1, 0.15) is 20.8 Å². The number of nitrogens with one attached hydrogen (secondary N) is 1. The van der Waals surface area contributed by atoms with Gasteiger partial charge in [-0.05, 0) is 20.8 Å². The van der Waals surface area contributed by atoms with Crippen LogP contribution in [-0.2, 0) is 6.54 Å². The minimum atomic E-state index is -0.116. The minimum Gasteiger partial charge on any atom is -0.363 e. The summed E-state index contributed by atoms with van der Waals surface area (Å²) in [6.45, 7) is 7.49. The second-order valence-electron chi connectivity index (χ2n) is 3.65. The number of aromatic nitrogens is 3. The molecular formula is C8H17N5. The molecule has 0 spiro atoms. The average Bonchev–Trinajstić information content (AvgIpc) is 2.51. The summed E-state index contributed by atoms with van der Waals surface area (Å²) in [5.74, 6) is 0.915. The Kier molecular flexibility index (Phi) is 2.87. The number of nitrogens with two attached hydrogens (primary N) is 1. The lowest BCUT2D eigenvalue weighted by Crippen LogP contribution is -2.39. The van der Waals surface area contributed by atoms with E-state index in [2.05, 4.69) is 15.6 Å². The zero-order valence-electron chi connectivity index (χ0n) is 8.41. The number of aryl methyl sites for hydroxylation is 1. The molecule has 0 fully saturated rings. The van der Waals surface area contributed by atoms with Crippen LogP contribution < -0.4 is 11.1 Å². The Morgan fingerprint density at radius 2 is 2.31 bits per heavy atom. The summed E-state index contributed by atoms with van der Waals surface area (Å²) < 4.78 is 1.80. The molecule has 0 aliphatic carbocycles. The van der Waals surface area contributed by atoms with Crippen LogP contribution in [-0.4, -0.2) is 27.1 Å². The quantitative estimate of drug-likeness (QED) is 0.711. The van der Waals surface area contributed by atoms with Crippen molar-refractivity contribution in [1.82, 2.24) is 15.0 Å². The molecule has 0 unspecified atom stereocenters. The van der Waals surface area contributed by atoms with E-state index in [1.807, 2.05) is 20.8 Å². The van der Waals surface area contributed by atoms with Crippen molar-refractivity contribution in [2.75, 3.05) is 11.9 Å². The number of anilines is 1. The van der Waals surface area contributed by atoms with E-state index in [1.54, 1.807) is 10.9 Å². The Bertz CT molecular complexity index is 265. The molecule has 0 bridgehead atoms. The van der Waals surface area contributed by atoms with Crippen molar-refractivity contribution in [2.45, 2.75) is 32.9 Å². The maximum Gasteiger partial charge on any atom is 0.145 e. The second-order valence-corrected chi connectivity index (χ2v) is 3.65. The zero-order chi connectivity index (χ0) is 9.90. The molecule has 0 saturated carbocycles. The smallest absolute Gasteiger partial charge is 0.145 e. The zero-order valence-corrected chi connectivity index (χ0v) is 8.41. The Labute approximate surface area is 78.3 Å². The molecule has 0 atom stereocenters. The van der Waals surface area contributed by atoms with E-state index in [9.17, 15) is 0 Å². The van der Waals surface area contributed by atoms with Crippen LogP contribution in [0.5, 0.6) is 0 Å². The molecule has 74 valence electrons. The molecule has 0 saturated heterocycles. The molecule has 5 nitrogen and oxygen atoms in total. The Balaban J connectivity index is 2.73. The van der Waals surface area contributed by atoms with Gasteiger partial charge in [-0.1, -0.05) is 5.21 Å². The van der Waals surface area contributed by atoms with Gasteiger partial charge in [0.2, 0.25) is 0 Å². The third kappa shape index (κ3) is 2.42. The van der Waals surface area contributed by atoms with E-state index in [0.717, 1.165) is 12.4 Å². The fourth-order valence-electron chi connectivity index (χ4n) is 0.986. The predicted octanol–water partition coefficient (Wildman–Crippen LogP) is 0.447. The lowest BCUT2D eigenvalue weighted by atomic mass is 10.1. The lowest BCUT2D eigenvalue weighted by molar-refractivity contribution is 0.557. The molecular weight excluding hydrogens is 166 g/mol. The highest BCUT2D eigenvalue weighted by molar-refractivity contribution is 5.34. The summed E-state index contributed by atoms with van der Waals surface area (Å²) in [6.07, 6.45) is 1.71.